The lowest BCUT2D eigenvalue weighted by molar-refractivity contribution is -0.126. The molecule has 2 aromatic rings. The SMILES string of the molecule is Cc1ccc(S(=O)(=O)N2CCC(C(=O)NCCc3ccco3)CC2)cc1. The Balaban J connectivity index is 1.50. The van der Waals surface area contributed by atoms with Gasteiger partial charge < -0.3 is 9.73 Å². The highest BCUT2D eigenvalue weighted by molar-refractivity contribution is 7.89. The standard InChI is InChI=1S/C19H24N2O4S/c1-15-4-6-18(7-5-15)26(23,24)21-12-9-16(10-13-21)19(22)20-11-8-17-3-2-14-25-17/h2-7,14,16H,8-13H2,1H3,(H,20,22). The second-order valence-electron chi connectivity index (χ2n) is 6.61. The van der Waals surface area contributed by atoms with Crippen molar-refractivity contribution in [1.29, 1.82) is 0 Å². The van der Waals surface area contributed by atoms with Crippen molar-refractivity contribution in [2.24, 2.45) is 5.92 Å². The Hall–Kier alpha value is -2.12. The van der Waals surface area contributed by atoms with Crippen molar-refractivity contribution >= 4 is 15.9 Å². The van der Waals surface area contributed by atoms with E-state index in [1.165, 1.54) is 4.31 Å². The Morgan fingerprint density at radius 1 is 1.19 bits per heavy atom. The number of hydrogen-bond acceptors (Lipinski definition) is 4. The Morgan fingerprint density at radius 2 is 1.88 bits per heavy atom. The molecule has 0 radical (unpaired) electrons. The number of hydrogen-bond donors (Lipinski definition) is 1. The molecule has 1 amide bonds. The highest BCUT2D eigenvalue weighted by Gasteiger charge is 2.31. The van der Waals surface area contributed by atoms with Gasteiger partial charge in [0, 0.05) is 32.0 Å². The number of nitrogens with zero attached hydrogens (tertiary/aromatic N) is 1. The van der Waals surface area contributed by atoms with E-state index in [9.17, 15) is 13.2 Å². The van der Waals surface area contributed by atoms with Gasteiger partial charge in [0.2, 0.25) is 15.9 Å². The minimum Gasteiger partial charge on any atom is -0.469 e. The van der Waals surface area contributed by atoms with Crippen molar-refractivity contribution in [3.8, 4) is 0 Å². The average Bonchev–Trinajstić information content (AvgIpc) is 3.15. The summed E-state index contributed by atoms with van der Waals surface area (Å²) >= 11 is 0. The summed E-state index contributed by atoms with van der Waals surface area (Å²) in [6.07, 6.45) is 3.34. The Labute approximate surface area is 154 Å². The Morgan fingerprint density at radius 3 is 2.50 bits per heavy atom. The number of benzene rings is 1. The predicted molar refractivity (Wildman–Crippen MR) is 98.1 cm³/mol. The van der Waals surface area contributed by atoms with Gasteiger partial charge in [0.15, 0.2) is 0 Å². The van der Waals surface area contributed by atoms with Gasteiger partial charge in [0.1, 0.15) is 5.76 Å². The average molecular weight is 376 g/mol. The summed E-state index contributed by atoms with van der Waals surface area (Å²) in [5.41, 5.74) is 1.02. The van der Waals surface area contributed by atoms with Crippen LogP contribution < -0.4 is 5.32 Å². The van der Waals surface area contributed by atoms with Gasteiger partial charge in [-0.3, -0.25) is 4.79 Å². The maximum Gasteiger partial charge on any atom is 0.243 e. The van der Waals surface area contributed by atoms with Gasteiger partial charge in [0.05, 0.1) is 11.2 Å². The first kappa shape index (κ1) is 18.7. The molecule has 140 valence electrons. The number of carbonyl (C=O) groups is 1. The van der Waals surface area contributed by atoms with Crippen LogP contribution in [-0.2, 0) is 21.2 Å². The van der Waals surface area contributed by atoms with E-state index in [1.54, 1.807) is 30.5 Å². The molecule has 0 unspecified atom stereocenters. The van der Waals surface area contributed by atoms with E-state index < -0.39 is 10.0 Å². The first-order chi connectivity index (χ1) is 12.5. The first-order valence-electron chi connectivity index (χ1n) is 8.84. The third-order valence-corrected chi connectivity index (χ3v) is 6.65. The molecule has 1 saturated heterocycles. The molecule has 0 spiro atoms. The van der Waals surface area contributed by atoms with Gasteiger partial charge in [-0.25, -0.2) is 8.42 Å². The number of sulfonamides is 1. The molecular weight excluding hydrogens is 352 g/mol. The largest absolute Gasteiger partial charge is 0.469 e. The molecule has 2 heterocycles. The molecule has 0 aliphatic carbocycles. The van der Waals surface area contributed by atoms with Crippen molar-refractivity contribution < 1.29 is 17.6 Å². The van der Waals surface area contributed by atoms with Crippen LogP contribution in [0, 0.1) is 12.8 Å². The molecule has 26 heavy (non-hydrogen) atoms. The van der Waals surface area contributed by atoms with Gasteiger partial charge in [-0.1, -0.05) is 17.7 Å². The molecule has 3 rings (SSSR count). The number of amides is 1. The number of furan rings is 1. The number of piperidine rings is 1. The van der Waals surface area contributed by atoms with Crippen LogP contribution in [0.5, 0.6) is 0 Å². The van der Waals surface area contributed by atoms with E-state index in [1.807, 2.05) is 19.1 Å². The minimum atomic E-state index is -3.49. The van der Waals surface area contributed by atoms with E-state index in [0.717, 1.165) is 11.3 Å². The molecule has 0 bridgehead atoms. The summed E-state index contributed by atoms with van der Waals surface area (Å²) in [4.78, 5) is 12.6. The van der Waals surface area contributed by atoms with Gasteiger partial charge in [-0.2, -0.15) is 4.31 Å². The van der Waals surface area contributed by atoms with E-state index in [2.05, 4.69) is 5.32 Å². The molecule has 0 saturated carbocycles. The Bertz CT molecular complexity index is 821. The van der Waals surface area contributed by atoms with Crippen molar-refractivity contribution in [3.05, 3.63) is 54.0 Å². The zero-order valence-electron chi connectivity index (χ0n) is 14.8. The lowest BCUT2D eigenvalue weighted by Crippen LogP contribution is -2.43. The lowest BCUT2D eigenvalue weighted by atomic mass is 9.97. The second-order valence-corrected chi connectivity index (χ2v) is 8.55. The molecule has 0 atom stereocenters. The number of aryl methyl sites for hydroxylation is 1. The van der Waals surface area contributed by atoms with Crippen molar-refractivity contribution in [3.63, 3.8) is 0 Å². The molecule has 1 N–H and O–H groups in total. The molecule has 1 aliphatic rings. The van der Waals surface area contributed by atoms with Crippen LogP contribution in [0.15, 0.2) is 52.0 Å². The van der Waals surface area contributed by atoms with Crippen LogP contribution in [0.2, 0.25) is 0 Å². The van der Waals surface area contributed by atoms with Crippen molar-refractivity contribution in [2.75, 3.05) is 19.6 Å². The Kier molecular flexibility index (Phi) is 5.78. The summed E-state index contributed by atoms with van der Waals surface area (Å²) in [6, 6.07) is 10.6. The minimum absolute atomic E-state index is 0.0102. The fraction of sp³-hybridized carbons (Fsp3) is 0.421. The molecular formula is C19H24N2O4S. The summed E-state index contributed by atoms with van der Waals surface area (Å²) in [6.45, 7) is 3.18. The van der Waals surface area contributed by atoms with Crippen LogP contribution in [0.4, 0.5) is 0 Å². The summed E-state index contributed by atoms with van der Waals surface area (Å²) in [5.74, 6) is 0.685. The monoisotopic (exact) mass is 376 g/mol. The van der Waals surface area contributed by atoms with E-state index in [-0.39, 0.29) is 11.8 Å². The summed E-state index contributed by atoms with van der Waals surface area (Å²) in [7, 11) is -3.49. The maximum atomic E-state index is 12.7. The van der Waals surface area contributed by atoms with Crippen molar-refractivity contribution in [2.45, 2.75) is 31.1 Å². The molecule has 1 aliphatic heterocycles. The van der Waals surface area contributed by atoms with Gasteiger partial charge in [-0.05, 0) is 44.0 Å². The van der Waals surface area contributed by atoms with E-state index >= 15 is 0 Å². The molecule has 6 nitrogen and oxygen atoms in total. The zero-order valence-corrected chi connectivity index (χ0v) is 15.7. The van der Waals surface area contributed by atoms with Gasteiger partial charge in [-0.15, -0.1) is 0 Å². The first-order valence-corrected chi connectivity index (χ1v) is 10.3. The smallest absolute Gasteiger partial charge is 0.243 e. The highest BCUT2D eigenvalue weighted by atomic mass is 32.2. The zero-order chi connectivity index (χ0) is 18.6. The van der Waals surface area contributed by atoms with E-state index in [0.29, 0.717) is 43.8 Å². The van der Waals surface area contributed by atoms with Crippen LogP contribution >= 0.6 is 0 Å². The third kappa shape index (κ3) is 4.34. The van der Waals surface area contributed by atoms with Crippen LogP contribution in [0.1, 0.15) is 24.2 Å². The predicted octanol–water partition coefficient (Wildman–Crippen LogP) is 2.35. The number of rotatable bonds is 6. The van der Waals surface area contributed by atoms with Crippen LogP contribution in [-0.4, -0.2) is 38.3 Å². The van der Waals surface area contributed by atoms with Crippen LogP contribution in [0.25, 0.3) is 0 Å². The molecule has 1 aromatic carbocycles. The van der Waals surface area contributed by atoms with Gasteiger partial charge in [0.25, 0.3) is 0 Å². The fourth-order valence-corrected chi connectivity index (χ4v) is 4.60. The van der Waals surface area contributed by atoms with Crippen molar-refractivity contribution in [1.82, 2.24) is 9.62 Å². The topological polar surface area (TPSA) is 79.6 Å². The molecule has 7 heteroatoms. The third-order valence-electron chi connectivity index (χ3n) is 4.73. The van der Waals surface area contributed by atoms with Crippen LogP contribution in [0.3, 0.4) is 0 Å². The molecule has 1 fully saturated rings. The summed E-state index contributed by atoms with van der Waals surface area (Å²) < 4.78 is 32.1. The summed E-state index contributed by atoms with van der Waals surface area (Å²) in [5, 5.41) is 2.92. The number of nitrogens with one attached hydrogen (secondary N) is 1. The fourth-order valence-electron chi connectivity index (χ4n) is 3.13. The quantitative estimate of drug-likeness (QED) is 0.839. The normalized spacial score (nSPS) is 16.5. The number of carbonyl (C=O) groups excluding carboxylic acids is 1. The maximum absolute atomic E-state index is 12.7. The van der Waals surface area contributed by atoms with Gasteiger partial charge >= 0.3 is 0 Å². The second kappa shape index (κ2) is 8.05. The molecule has 1 aromatic heterocycles. The van der Waals surface area contributed by atoms with E-state index in [4.69, 9.17) is 4.42 Å². The lowest BCUT2D eigenvalue weighted by Gasteiger charge is -2.30. The highest BCUT2D eigenvalue weighted by Crippen LogP contribution is 2.24.